The summed E-state index contributed by atoms with van der Waals surface area (Å²) in [7, 11) is 0. The molecular formula is C14H16BrNO4. The number of rotatable bonds is 7. The number of alkyl halides is 1. The Morgan fingerprint density at radius 3 is 2.50 bits per heavy atom. The van der Waals surface area contributed by atoms with Crippen molar-refractivity contribution in [3.05, 3.63) is 35.9 Å². The predicted molar refractivity (Wildman–Crippen MR) is 78.8 cm³/mol. The van der Waals surface area contributed by atoms with Crippen molar-refractivity contribution in [3.8, 4) is 0 Å². The largest absolute Gasteiger partial charge is 0.461 e. The average Bonchev–Trinajstić information content (AvgIpc) is 2.48. The minimum atomic E-state index is -0.780. The first-order chi connectivity index (χ1) is 9.60. The number of ketones is 1. The minimum absolute atomic E-state index is 0.0201. The van der Waals surface area contributed by atoms with E-state index in [0.29, 0.717) is 0 Å². The zero-order valence-electron chi connectivity index (χ0n) is 11.3. The van der Waals surface area contributed by atoms with Crippen LogP contribution in [0, 0.1) is 0 Å². The molecule has 0 N–H and O–H groups in total. The van der Waals surface area contributed by atoms with Gasteiger partial charge >= 0.3 is 5.97 Å². The van der Waals surface area contributed by atoms with Gasteiger partial charge in [-0.3, -0.25) is 4.79 Å². The summed E-state index contributed by atoms with van der Waals surface area (Å²) in [6.45, 7) is 3.60. The number of nitrogens with zero attached hydrogens (tertiary/aromatic N) is 1. The highest BCUT2D eigenvalue weighted by Gasteiger charge is 2.22. The maximum Gasteiger partial charge on any atom is 0.364 e. The van der Waals surface area contributed by atoms with Gasteiger partial charge < -0.3 is 9.57 Å². The first-order valence-corrected chi connectivity index (χ1v) is 7.27. The highest BCUT2D eigenvalue weighted by atomic mass is 79.9. The number of ether oxygens (including phenoxy) is 1. The molecule has 0 aromatic heterocycles. The molecule has 1 atom stereocenters. The first-order valence-electron chi connectivity index (χ1n) is 6.15. The Bertz CT molecular complexity index is 487. The molecule has 0 aliphatic heterocycles. The number of benzene rings is 1. The lowest BCUT2D eigenvalue weighted by atomic mass is 10.1. The normalized spacial score (nSPS) is 12.7. The molecule has 0 saturated heterocycles. The van der Waals surface area contributed by atoms with E-state index in [-0.39, 0.29) is 23.8 Å². The van der Waals surface area contributed by atoms with Crippen LogP contribution < -0.4 is 0 Å². The molecule has 0 amide bonds. The average molecular weight is 342 g/mol. The summed E-state index contributed by atoms with van der Waals surface area (Å²) in [6, 6.07) is 9.37. The van der Waals surface area contributed by atoms with Crippen molar-refractivity contribution >= 4 is 33.4 Å². The summed E-state index contributed by atoms with van der Waals surface area (Å²) in [5, 5.41) is 3.63. The molecule has 0 unspecified atom stereocenters. The monoisotopic (exact) mass is 341 g/mol. The highest BCUT2D eigenvalue weighted by molar-refractivity contribution is 9.09. The van der Waals surface area contributed by atoms with E-state index in [1.165, 1.54) is 0 Å². The Balaban J connectivity index is 2.81. The Labute approximate surface area is 126 Å². The maximum absolute atomic E-state index is 11.6. The van der Waals surface area contributed by atoms with E-state index >= 15 is 0 Å². The number of hydrogen-bond donors (Lipinski definition) is 0. The number of carbonyl (C=O) groups excluding carboxylic acids is 2. The fourth-order valence-electron chi connectivity index (χ4n) is 1.38. The van der Waals surface area contributed by atoms with Crippen LogP contribution >= 0.6 is 15.9 Å². The smallest absolute Gasteiger partial charge is 0.364 e. The van der Waals surface area contributed by atoms with Gasteiger partial charge in [-0.2, -0.15) is 0 Å². The third kappa shape index (κ3) is 4.77. The number of oxime groups is 1. The van der Waals surface area contributed by atoms with Gasteiger partial charge in [0.1, 0.15) is 6.10 Å². The number of carbonyl (C=O) groups is 2. The van der Waals surface area contributed by atoms with Crippen LogP contribution in [0.25, 0.3) is 0 Å². The molecule has 0 radical (unpaired) electrons. The number of hydrogen-bond acceptors (Lipinski definition) is 5. The van der Waals surface area contributed by atoms with E-state index in [1.54, 1.807) is 13.8 Å². The maximum atomic E-state index is 11.6. The number of esters is 1. The van der Waals surface area contributed by atoms with Crippen LogP contribution in [0.15, 0.2) is 35.5 Å². The Kier molecular flexibility index (Phi) is 6.93. The molecule has 6 heteroatoms. The second-order valence-corrected chi connectivity index (χ2v) is 4.44. The van der Waals surface area contributed by atoms with Gasteiger partial charge in [-0.25, -0.2) is 4.79 Å². The van der Waals surface area contributed by atoms with E-state index in [9.17, 15) is 9.59 Å². The summed E-state index contributed by atoms with van der Waals surface area (Å²) in [5.74, 6) is -1.26. The SMILES string of the molecule is CCOC(=O)C(=NO[C@H](C)c1ccccc1)C(=O)CBr. The van der Waals surface area contributed by atoms with Gasteiger partial charge in [0.2, 0.25) is 11.5 Å². The van der Waals surface area contributed by atoms with E-state index in [2.05, 4.69) is 21.1 Å². The molecule has 1 aromatic carbocycles. The topological polar surface area (TPSA) is 65.0 Å². The van der Waals surface area contributed by atoms with Gasteiger partial charge in [-0.1, -0.05) is 51.4 Å². The second kappa shape index (κ2) is 8.47. The van der Waals surface area contributed by atoms with Gasteiger partial charge in [0.05, 0.1) is 11.9 Å². The Hall–Kier alpha value is -1.69. The molecule has 1 rings (SSSR count). The summed E-state index contributed by atoms with van der Waals surface area (Å²) in [4.78, 5) is 28.5. The van der Waals surface area contributed by atoms with Crippen LogP contribution in [-0.4, -0.2) is 29.4 Å². The lowest BCUT2D eigenvalue weighted by Gasteiger charge is -2.10. The van der Waals surface area contributed by atoms with Gasteiger partial charge in [0, 0.05) is 0 Å². The molecule has 5 nitrogen and oxygen atoms in total. The molecule has 0 aliphatic rings. The molecule has 1 aromatic rings. The highest BCUT2D eigenvalue weighted by Crippen LogP contribution is 2.16. The lowest BCUT2D eigenvalue weighted by molar-refractivity contribution is -0.136. The minimum Gasteiger partial charge on any atom is -0.461 e. The van der Waals surface area contributed by atoms with E-state index in [0.717, 1.165) is 5.56 Å². The van der Waals surface area contributed by atoms with Gasteiger partial charge in [-0.15, -0.1) is 0 Å². The van der Waals surface area contributed by atoms with Crippen molar-refractivity contribution in [3.63, 3.8) is 0 Å². The fraction of sp³-hybridized carbons (Fsp3) is 0.357. The van der Waals surface area contributed by atoms with Crippen LogP contribution in [0.4, 0.5) is 0 Å². The van der Waals surface area contributed by atoms with Gasteiger partial charge in [0.15, 0.2) is 0 Å². The van der Waals surface area contributed by atoms with Crippen molar-refractivity contribution in [1.82, 2.24) is 0 Å². The van der Waals surface area contributed by atoms with Crippen LogP contribution in [0.1, 0.15) is 25.5 Å². The van der Waals surface area contributed by atoms with E-state index in [1.807, 2.05) is 30.3 Å². The van der Waals surface area contributed by atoms with Crippen molar-refractivity contribution < 1.29 is 19.2 Å². The molecule has 0 aliphatic carbocycles. The quantitative estimate of drug-likeness (QED) is 0.251. The Morgan fingerprint density at radius 2 is 1.95 bits per heavy atom. The standard InChI is InChI=1S/C14H16BrNO4/c1-3-19-14(18)13(12(17)9-15)16-20-10(2)11-7-5-4-6-8-11/h4-8,10H,3,9H2,1-2H3/t10-/m1/s1. The molecule has 108 valence electrons. The molecule has 0 bridgehead atoms. The van der Waals surface area contributed by atoms with Crippen molar-refractivity contribution in [2.75, 3.05) is 11.9 Å². The fourth-order valence-corrected chi connectivity index (χ4v) is 1.65. The van der Waals surface area contributed by atoms with Crippen LogP contribution in [-0.2, 0) is 19.2 Å². The van der Waals surface area contributed by atoms with E-state index in [4.69, 9.17) is 9.57 Å². The van der Waals surface area contributed by atoms with Gasteiger partial charge in [0.25, 0.3) is 0 Å². The van der Waals surface area contributed by atoms with Crippen LogP contribution in [0.5, 0.6) is 0 Å². The summed E-state index contributed by atoms with van der Waals surface area (Å²) in [6.07, 6.45) is -0.372. The molecule has 20 heavy (non-hydrogen) atoms. The van der Waals surface area contributed by atoms with Crippen molar-refractivity contribution in [2.45, 2.75) is 20.0 Å². The second-order valence-electron chi connectivity index (χ2n) is 3.88. The first kappa shape index (κ1) is 16.4. The molecule has 0 heterocycles. The van der Waals surface area contributed by atoms with E-state index < -0.39 is 11.8 Å². The lowest BCUT2D eigenvalue weighted by Crippen LogP contribution is -2.27. The third-order valence-corrected chi connectivity index (χ3v) is 2.93. The van der Waals surface area contributed by atoms with Crippen LogP contribution in [0.3, 0.4) is 0 Å². The molecule has 0 fully saturated rings. The molecule has 0 saturated carbocycles. The Morgan fingerprint density at radius 1 is 1.30 bits per heavy atom. The summed E-state index contributed by atoms with van der Waals surface area (Å²) in [5.41, 5.74) is 0.553. The summed E-state index contributed by atoms with van der Waals surface area (Å²) >= 11 is 2.99. The zero-order chi connectivity index (χ0) is 15.0. The predicted octanol–water partition coefficient (Wildman–Crippen LogP) is 2.65. The van der Waals surface area contributed by atoms with Crippen LogP contribution in [0.2, 0.25) is 0 Å². The zero-order valence-corrected chi connectivity index (χ0v) is 12.9. The number of halogens is 1. The number of Topliss-reactive ketones (excluding diaryl/α,β-unsaturated/α-hetero) is 1. The van der Waals surface area contributed by atoms with Crippen molar-refractivity contribution in [2.24, 2.45) is 5.16 Å². The van der Waals surface area contributed by atoms with Crippen molar-refractivity contribution in [1.29, 1.82) is 0 Å². The summed E-state index contributed by atoms with van der Waals surface area (Å²) < 4.78 is 4.77. The molecular weight excluding hydrogens is 326 g/mol. The molecule has 0 spiro atoms. The van der Waals surface area contributed by atoms with Gasteiger partial charge in [-0.05, 0) is 19.4 Å². The third-order valence-electron chi connectivity index (χ3n) is 2.43.